The van der Waals surface area contributed by atoms with Gasteiger partial charge in [0.2, 0.25) is 0 Å². The number of thiocarbonyl (C=S) groups is 1. The Bertz CT molecular complexity index is 407. The first-order valence-electron chi connectivity index (χ1n) is 7.30. The molecule has 0 bridgehead atoms. The zero-order valence-corrected chi connectivity index (χ0v) is 13.7. The van der Waals surface area contributed by atoms with Crippen molar-refractivity contribution in [3.63, 3.8) is 0 Å². The van der Waals surface area contributed by atoms with Crippen LogP contribution in [-0.2, 0) is 9.59 Å². The van der Waals surface area contributed by atoms with Gasteiger partial charge < -0.3 is 0 Å². The summed E-state index contributed by atoms with van der Waals surface area (Å²) >= 11 is 5.36. The Labute approximate surface area is 126 Å². The molecule has 0 spiro atoms. The SMILES string of the molecule is CCCCN1C(=O)C(=C(C)C)C(=O)N(CCCC)C1=S. The van der Waals surface area contributed by atoms with Crippen LogP contribution in [0.2, 0.25) is 0 Å². The second-order valence-corrected chi connectivity index (χ2v) is 5.64. The summed E-state index contributed by atoms with van der Waals surface area (Å²) in [6.07, 6.45) is 3.74. The lowest BCUT2D eigenvalue weighted by Crippen LogP contribution is -2.56. The van der Waals surface area contributed by atoms with Crippen molar-refractivity contribution in [2.75, 3.05) is 13.1 Å². The first-order valence-corrected chi connectivity index (χ1v) is 7.71. The summed E-state index contributed by atoms with van der Waals surface area (Å²) in [7, 11) is 0. The Kier molecular flexibility index (Phi) is 6.33. The predicted molar refractivity (Wildman–Crippen MR) is 84.2 cm³/mol. The Morgan fingerprint density at radius 2 is 1.35 bits per heavy atom. The van der Waals surface area contributed by atoms with Crippen molar-refractivity contribution >= 4 is 29.1 Å². The van der Waals surface area contributed by atoms with Crippen LogP contribution < -0.4 is 0 Å². The van der Waals surface area contributed by atoms with Gasteiger partial charge in [0, 0.05) is 13.1 Å². The van der Waals surface area contributed by atoms with E-state index in [1.54, 1.807) is 23.6 Å². The van der Waals surface area contributed by atoms with Crippen molar-refractivity contribution in [2.24, 2.45) is 0 Å². The molecule has 112 valence electrons. The molecular weight excluding hydrogens is 272 g/mol. The molecule has 5 heteroatoms. The van der Waals surface area contributed by atoms with Crippen LogP contribution in [0.3, 0.4) is 0 Å². The van der Waals surface area contributed by atoms with Gasteiger partial charge in [0.25, 0.3) is 11.8 Å². The Morgan fingerprint density at radius 3 is 1.65 bits per heavy atom. The zero-order valence-electron chi connectivity index (χ0n) is 12.9. The van der Waals surface area contributed by atoms with E-state index in [0.29, 0.717) is 18.2 Å². The number of rotatable bonds is 6. The molecule has 0 N–H and O–H groups in total. The molecule has 0 atom stereocenters. The molecule has 1 heterocycles. The van der Waals surface area contributed by atoms with Gasteiger partial charge >= 0.3 is 0 Å². The lowest BCUT2D eigenvalue weighted by Gasteiger charge is -2.37. The largest absolute Gasteiger partial charge is 0.285 e. The first-order chi connectivity index (χ1) is 9.45. The highest BCUT2D eigenvalue weighted by Gasteiger charge is 2.39. The maximum absolute atomic E-state index is 12.4. The number of allylic oxidation sites excluding steroid dienone is 1. The number of hydrogen-bond acceptors (Lipinski definition) is 3. The number of hydrogen-bond donors (Lipinski definition) is 0. The minimum atomic E-state index is -0.235. The fourth-order valence-corrected chi connectivity index (χ4v) is 2.48. The number of nitrogens with zero attached hydrogens (tertiary/aromatic N) is 2. The molecule has 1 aliphatic heterocycles. The van der Waals surface area contributed by atoms with E-state index in [4.69, 9.17) is 12.2 Å². The van der Waals surface area contributed by atoms with Gasteiger partial charge in [-0.05, 0) is 38.9 Å². The van der Waals surface area contributed by atoms with Gasteiger partial charge in [-0.25, -0.2) is 0 Å². The van der Waals surface area contributed by atoms with Crippen molar-refractivity contribution in [3.8, 4) is 0 Å². The van der Waals surface area contributed by atoms with Crippen LogP contribution in [0.5, 0.6) is 0 Å². The van der Waals surface area contributed by atoms with Crippen LogP contribution in [0, 0.1) is 0 Å². The molecule has 0 saturated carbocycles. The summed E-state index contributed by atoms with van der Waals surface area (Å²) in [5.74, 6) is -0.470. The van der Waals surface area contributed by atoms with Crippen molar-refractivity contribution in [3.05, 3.63) is 11.1 Å². The van der Waals surface area contributed by atoms with Crippen LogP contribution >= 0.6 is 12.2 Å². The standard InChI is InChI=1S/C15H24N2O2S/c1-5-7-9-16-13(18)12(11(3)4)14(19)17(15(16)20)10-8-6-2/h5-10H2,1-4H3. The van der Waals surface area contributed by atoms with E-state index in [1.807, 2.05) is 0 Å². The van der Waals surface area contributed by atoms with E-state index >= 15 is 0 Å². The summed E-state index contributed by atoms with van der Waals surface area (Å²) < 4.78 is 0. The Balaban J connectivity index is 3.09. The van der Waals surface area contributed by atoms with Crippen LogP contribution in [0.25, 0.3) is 0 Å². The van der Waals surface area contributed by atoms with Gasteiger partial charge in [-0.1, -0.05) is 32.3 Å². The normalized spacial score (nSPS) is 16.2. The second-order valence-electron chi connectivity index (χ2n) is 5.28. The van der Waals surface area contributed by atoms with E-state index in [1.165, 1.54) is 0 Å². The maximum Gasteiger partial charge on any atom is 0.265 e. The molecule has 2 amide bonds. The molecule has 1 fully saturated rings. The molecule has 1 aliphatic rings. The van der Waals surface area contributed by atoms with Crippen LogP contribution in [0.1, 0.15) is 53.4 Å². The van der Waals surface area contributed by atoms with Gasteiger partial charge in [0.05, 0.1) is 0 Å². The highest BCUT2D eigenvalue weighted by Crippen LogP contribution is 2.21. The van der Waals surface area contributed by atoms with Gasteiger partial charge in [0.1, 0.15) is 5.57 Å². The molecule has 0 aromatic rings. The molecular formula is C15H24N2O2S. The summed E-state index contributed by atoms with van der Waals surface area (Å²) in [6.45, 7) is 8.91. The Morgan fingerprint density at radius 1 is 0.950 bits per heavy atom. The van der Waals surface area contributed by atoms with Gasteiger partial charge in [-0.3, -0.25) is 19.4 Å². The number of unbranched alkanes of at least 4 members (excludes halogenated alkanes) is 2. The number of amides is 2. The van der Waals surface area contributed by atoms with Crippen LogP contribution in [0.4, 0.5) is 0 Å². The molecule has 0 aromatic carbocycles. The van der Waals surface area contributed by atoms with Crippen LogP contribution in [-0.4, -0.2) is 39.8 Å². The van der Waals surface area contributed by atoms with E-state index in [2.05, 4.69) is 13.8 Å². The highest BCUT2D eigenvalue weighted by atomic mass is 32.1. The van der Waals surface area contributed by atoms with Gasteiger partial charge in [0.15, 0.2) is 5.11 Å². The quantitative estimate of drug-likeness (QED) is 0.430. The van der Waals surface area contributed by atoms with Crippen molar-refractivity contribution in [1.29, 1.82) is 0 Å². The van der Waals surface area contributed by atoms with E-state index < -0.39 is 0 Å². The maximum atomic E-state index is 12.4. The van der Waals surface area contributed by atoms with Gasteiger partial charge in [-0.15, -0.1) is 0 Å². The molecule has 0 aromatic heterocycles. The zero-order chi connectivity index (χ0) is 15.3. The minimum absolute atomic E-state index is 0.235. The molecule has 0 unspecified atom stereocenters. The van der Waals surface area contributed by atoms with Crippen molar-refractivity contribution < 1.29 is 9.59 Å². The second kappa shape index (κ2) is 7.53. The van der Waals surface area contributed by atoms with E-state index in [-0.39, 0.29) is 17.4 Å². The van der Waals surface area contributed by atoms with Crippen molar-refractivity contribution in [2.45, 2.75) is 53.4 Å². The highest BCUT2D eigenvalue weighted by molar-refractivity contribution is 7.80. The monoisotopic (exact) mass is 296 g/mol. The predicted octanol–water partition coefficient (Wildman–Crippen LogP) is 2.88. The lowest BCUT2D eigenvalue weighted by molar-refractivity contribution is -0.134. The first kappa shape index (κ1) is 16.8. The lowest BCUT2D eigenvalue weighted by atomic mass is 10.1. The summed E-state index contributed by atoms with van der Waals surface area (Å²) in [5.41, 5.74) is 1.04. The smallest absolute Gasteiger partial charge is 0.265 e. The summed E-state index contributed by atoms with van der Waals surface area (Å²) in [5, 5.41) is 0.368. The average Bonchev–Trinajstić information content (AvgIpc) is 2.38. The third-order valence-corrected chi connectivity index (χ3v) is 3.79. The van der Waals surface area contributed by atoms with Crippen molar-refractivity contribution in [1.82, 2.24) is 9.80 Å². The molecule has 0 radical (unpaired) electrons. The molecule has 1 rings (SSSR count). The molecule has 20 heavy (non-hydrogen) atoms. The van der Waals surface area contributed by atoms with Crippen LogP contribution in [0.15, 0.2) is 11.1 Å². The number of carbonyl (C=O) groups excluding carboxylic acids is 2. The molecule has 1 saturated heterocycles. The van der Waals surface area contributed by atoms with Gasteiger partial charge in [-0.2, -0.15) is 0 Å². The minimum Gasteiger partial charge on any atom is -0.285 e. The summed E-state index contributed by atoms with van der Waals surface area (Å²) in [4.78, 5) is 28.1. The van der Waals surface area contributed by atoms with E-state index in [9.17, 15) is 9.59 Å². The Hall–Kier alpha value is -1.23. The average molecular weight is 296 g/mol. The fraction of sp³-hybridized carbons (Fsp3) is 0.667. The molecule has 4 nitrogen and oxygen atoms in total. The summed E-state index contributed by atoms with van der Waals surface area (Å²) in [6, 6.07) is 0. The third kappa shape index (κ3) is 3.45. The fourth-order valence-electron chi connectivity index (χ4n) is 2.14. The topological polar surface area (TPSA) is 40.6 Å². The van der Waals surface area contributed by atoms with E-state index in [0.717, 1.165) is 31.3 Å². The third-order valence-electron chi connectivity index (χ3n) is 3.35. The molecule has 0 aliphatic carbocycles. The number of carbonyl (C=O) groups is 2.